The lowest BCUT2D eigenvalue weighted by molar-refractivity contribution is -0.138. The van der Waals surface area contributed by atoms with Crippen LogP contribution in [0, 0.1) is 5.82 Å². The van der Waals surface area contributed by atoms with Gasteiger partial charge in [0.1, 0.15) is 11.9 Å². The lowest BCUT2D eigenvalue weighted by Crippen LogP contribution is -2.48. The van der Waals surface area contributed by atoms with Crippen LogP contribution in [0.25, 0.3) is 0 Å². The Kier molecular flexibility index (Phi) is 6.25. The lowest BCUT2D eigenvalue weighted by Gasteiger charge is -2.24. The zero-order valence-corrected chi connectivity index (χ0v) is 17.1. The molecule has 0 spiro atoms. The summed E-state index contributed by atoms with van der Waals surface area (Å²) in [6, 6.07) is 5.21. The zero-order valence-electron chi connectivity index (χ0n) is 16.3. The highest BCUT2D eigenvalue weighted by Crippen LogP contribution is 2.50. The van der Waals surface area contributed by atoms with Gasteiger partial charge in [-0.25, -0.2) is 4.39 Å². The molecule has 0 radical (unpaired) electrons. The van der Waals surface area contributed by atoms with Gasteiger partial charge in [0.05, 0.1) is 16.1 Å². The van der Waals surface area contributed by atoms with E-state index in [-0.39, 0.29) is 17.0 Å². The third-order valence-corrected chi connectivity index (χ3v) is 5.88. The molecule has 0 aromatic heterocycles. The molecular formula is C21H17F7N2OS. The second-order valence-corrected chi connectivity index (χ2v) is 8.01. The molecule has 1 saturated carbocycles. The zero-order chi connectivity index (χ0) is 23.9. The molecule has 1 atom stereocenters. The van der Waals surface area contributed by atoms with E-state index in [2.05, 4.69) is 5.32 Å². The highest BCUT2D eigenvalue weighted by Gasteiger charge is 2.51. The lowest BCUT2D eigenvalue weighted by atomic mass is 9.93. The maximum Gasteiger partial charge on any atom is 0.416 e. The first-order valence-electron chi connectivity index (χ1n) is 9.38. The van der Waals surface area contributed by atoms with Crippen molar-refractivity contribution in [2.45, 2.75) is 43.1 Å². The minimum atomic E-state index is -4.70. The second kappa shape index (κ2) is 8.34. The van der Waals surface area contributed by atoms with Crippen LogP contribution in [0.15, 0.2) is 42.5 Å². The first-order chi connectivity index (χ1) is 14.7. The van der Waals surface area contributed by atoms with Gasteiger partial charge in [-0.1, -0.05) is 30.4 Å². The maximum atomic E-state index is 14.5. The molecule has 0 saturated heterocycles. The molecule has 32 heavy (non-hydrogen) atoms. The highest BCUT2D eigenvalue weighted by atomic mass is 32.1. The maximum absolute atomic E-state index is 14.5. The fraction of sp³-hybridized carbons (Fsp3) is 0.333. The number of carbonyl (C=O) groups excluding carboxylic acids is 1. The minimum absolute atomic E-state index is 0.0271. The van der Waals surface area contributed by atoms with E-state index in [1.807, 2.05) is 0 Å². The molecule has 0 aliphatic heterocycles. The van der Waals surface area contributed by atoms with E-state index in [4.69, 9.17) is 18.0 Å². The Labute approximate surface area is 183 Å². The van der Waals surface area contributed by atoms with Gasteiger partial charge in [0.15, 0.2) is 0 Å². The number of primary amides is 1. The molecule has 1 fully saturated rings. The number of hydrogen-bond acceptors (Lipinski definition) is 2. The summed E-state index contributed by atoms with van der Waals surface area (Å²) >= 11 is 5.33. The predicted octanol–water partition coefficient (Wildman–Crippen LogP) is 4.91. The second-order valence-electron chi connectivity index (χ2n) is 7.60. The molecular weight excluding hydrogens is 461 g/mol. The third kappa shape index (κ3) is 5.03. The van der Waals surface area contributed by atoms with Crippen molar-refractivity contribution in [3.05, 3.63) is 70.5 Å². The molecule has 0 heterocycles. The molecule has 1 aliphatic rings. The van der Waals surface area contributed by atoms with Crippen LogP contribution in [-0.4, -0.2) is 16.9 Å². The summed E-state index contributed by atoms with van der Waals surface area (Å²) in [5, 5.41) is 2.73. The molecule has 3 N–H and O–H groups in total. The topological polar surface area (TPSA) is 55.1 Å². The van der Waals surface area contributed by atoms with Crippen LogP contribution in [0.5, 0.6) is 0 Å². The molecule has 3 rings (SSSR count). The van der Waals surface area contributed by atoms with E-state index in [1.165, 1.54) is 12.1 Å². The molecule has 1 aliphatic carbocycles. The van der Waals surface area contributed by atoms with Gasteiger partial charge in [-0.05, 0) is 42.7 Å². The summed E-state index contributed by atoms with van der Waals surface area (Å²) in [6.07, 6.45) is -8.59. The van der Waals surface area contributed by atoms with E-state index < -0.39 is 46.7 Å². The van der Waals surface area contributed by atoms with Gasteiger partial charge in [-0.3, -0.25) is 4.79 Å². The van der Waals surface area contributed by atoms with Crippen LogP contribution >= 0.6 is 12.2 Å². The molecule has 11 heteroatoms. The number of carbonyl (C=O) groups is 1. The van der Waals surface area contributed by atoms with Crippen LogP contribution in [0.2, 0.25) is 0 Å². The van der Waals surface area contributed by atoms with E-state index in [0.29, 0.717) is 24.5 Å². The van der Waals surface area contributed by atoms with Gasteiger partial charge in [0.2, 0.25) is 5.91 Å². The summed E-state index contributed by atoms with van der Waals surface area (Å²) in [5.74, 6) is -1.91. The van der Waals surface area contributed by atoms with Crippen molar-refractivity contribution in [2.24, 2.45) is 5.73 Å². The van der Waals surface area contributed by atoms with E-state index in [9.17, 15) is 35.5 Å². The molecule has 2 aromatic carbocycles. The largest absolute Gasteiger partial charge is 0.416 e. The van der Waals surface area contributed by atoms with Crippen LogP contribution in [0.1, 0.15) is 35.1 Å². The Morgan fingerprint density at radius 1 is 1.00 bits per heavy atom. The highest BCUT2D eigenvalue weighted by molar-refractivity contribution is 7.80. The number of nitrogens with two attached hydrogens (primary N) is 1. The summed E-state index contributed by atoms with van der Waals surface area (Å²) < 4.78 is 91.0. The quantitative estimate of drug-likeness (QED) is 0.459. The van der Waals surface area contributed by atoms with Crippen LogP contribution in [0.4, 0.5) is 30.7 Å². The number of hydrogen-bond donors (Lipinski definition) is 2. The van der Waals surface area contributed by atoms with E-state index in [1.54, 1.807) is 0 Å². The first-order valence-corrected chi connectivity index (χ1v) is 9.78. The number of halogens is 7. The van der Waals surface area contributed by atoms with Crippen LogP contribution < -0.4 is 11.1 Å². The number of amides is 1. The molecule has 2 aromatic rings. The van der Waals surface area contributed by atoms with Gasteiger partial charge in [-0.2, -0.15) is 26.3 Å². The summed E-state index contributed by atoms with van der Waals surface area (Å²) in [7, 11) is 0. The van der Waals surface area contributed by atoms with E-state index >= 15 is 0 Å². The number of rotatable bonds is 6. The minimum Gasteiger partial charge on any atom is -0.368 e. The Balaban J connectivity index is 1.77. The first kappa shape index (κ1) is 24.0. The summed E-state index contributed by atoms with van der Waals surface area (Å²) in [4.78, 5) is 11.9. The molecule has 172 valence electrons. The van der Waals surface area contributed by atoms with Gasteiger partial charge in [-0.15, -0.1) is 0 Å². The summed E-state index contributed by atoms with van der Waals surface area (Å²) in [5.41, 5.74) is 2.68. The van der Waals surface area contributed by atoms with Crippen molar-refractivity contribution >= 4 is 23.1 Å². The van der Waals surface area contributed by atoms with Crippen molar-refractivity contribution in [1.82, 2.24) is 5.32 Å². The van der Waals surface area contributed by atoms with Crippen molar-refractivity contribution in [3.8, 4) is 0 Å². The van der Waals surface area contributed by atoms with E-state index in [0.717, 1.165) is 24.3 Å². The Bertz CT molecular complexity index is 1030. The third-order valence-electron chi connectivity index (χ3n) is 5.37. The fourth-order valence-electron chi connectivity index (χ4n) is 3.41. The Morgan fingerprint density at radius 3 is 1.97 bits per heavy atom. The van der Waals surface area contributed by atoms with Crippen molar-refractivity contribution in [2.75, 3.05) is 0 Å². The Morgan fingerprint density at radius 2 is 1.53 bits per heavy atom. The SMILES string of the molecule is NC(=O)[C@H](Cc1ccc(C(F)(F)F)cc1)NC(=S)C1(c2ccc(C(F)(F)F)cc2F)CC1. The molecule has 1 amide bonds. The van der Waals surface area contributed by atoms with Crippen molar-refractivity contribution in [3.63, 3.8) is 0 Å². The molecule has 3 nitrogen and oxygen atoms in total. The van der Waals surface area contributed by atoms with Gasteiger partial charge >= 0.3 is 12.4 Å². The van der Waals surface area contributed by atoms with Crippen LogP contribution in [-0.2, 0) is 29.0 Å². The fourth-order valence-corrected chi connectivity index (χ4v) is 3.86. The smallest absolute Gasteiger partial charge is 0.368 e. The average Bonchev–Trinajstić information content (AvgIpc) is 3.48. The average molecular weight is 478 g/mol. The normalized spacial score (nSPS) is 16.3. The standard InChI is InChI=1S/C21H17F7N2OS/c22-15-10-13(21(26,27)28)5-6-14(15)19(7-8-19)18(32)30-16(17(29)31)9-11-1-3-12(4-2-11)20(23,24)25/h1-6,10,16H,7-9H2,(H2,29,31)(H,30,32)/t16-/m0/s1. The number of thiocarbonyl (C=S) groups is 1. The predicted molar refractivity (Wildman–Crippen MR) is 106 cm³/mol. The monoisotopic (exact) mass is 478 g/mol. The van der Waals surface area contributed by atoms with Crippen molar-refractivity contribution in [1.29, 1.82) is 0 Å². The number of alkyl halides is 6. The summed E-state index contributed by atoms with van der Waals surface area (Å²) in [6.45, 7) is 0. The number of nitrogens with one attached hydrogen (secondary N) is 1. The van der Waals surface area contributed by atoms with Crippen molar-refractivity contribution < 1.29 is 35.5 Å². The molecule has 0 unspecified atom stereocenters. The Hall–Kier alpha value is -2.69. The van der Waals surface area contributed by atoms with Crippen LogP contribution in [0.3, 0.4) is 0 Å². The van der Waals surface area contributed by atoms with Gasteiger partial charge in [0, 0.05) is 17.4 Å². The van der Waals surface area contributed by atoms with Gasteiger partial charge in [0.25, 0.3) is 0 Å². The van der Waals surface area contributed by atoms with Gasteiger partial charge < -0.3 is 11.1 Å². The number of benzene rings is 2. The molecule has 0 bridgehead atoms.